The molecule has 1 aliphatic rings. The first-order valence-electron chi connectivity index (χ1n) is 13.2. The molecule has 2 aromatic carbocycles. The average Bonchev–Trinajstić information content (AvgIpc) is 3.24. The van der Waals surface area contributed by atoms with Gasteiger partial charge in [0.2, 0.25) is 0 Å². The van der Waals surface area contributed by atoms with E-state index in [4.69, 9.17) is 4.74 Å². The fraction of sp³-hybridized carbons (Fsp3) is 0.433. The number of likely N-dealkylation sites (tertiary alicyclic amines) is 1. The van der Waals surface area contributed by atoms with Gasteiger partial charge in [-0.15, -0.1) is 0 Å². The monoisotopic (exact) mass is 573 g/mol. The summed E-state index contributed by atoms with van der Waals surface area (Å²) < 4.78 is 48.5. The molecule has 0 spiro atoms. The molecule has 0 aliphatic carbocycles. The van der Waals surface area contributed by atoms with E-state index in [0.29, 0.717) is 43.4 Å². The van der Waals surface area contributed by atoms with Crippen molar-refractivity contribution in [2.45, 2.75) is 65.7 Å². The molecule has 2 amide bonds. The third-order valence-electron chi connectivity index (χ3n) is 6.46. The maximum absolute atomic E-state index is 14.0. The summed E-state index contributed by atoms with van der Waals surface area (Å²) in [5.41, 5.74) is -0.150. The Labute approximate surface area is 236 Å². The number of alkyl halides is 3. The number of hydrogen-bond acceptors (Lipinski definition) is 5. The van der Waals surface area contributed by atoms with Crippen LogP contribution in [-0.4, -0.2) is 40.6 Å². The Hall–Kier alpha value is -3.40. The number of ether oxygens (including phenoxy) is 1. The van der Waals surface area contributed by atoms with Crippen molar-refractivity contribution >= 4 is 44.8 Å². The standard InChI is InChI=1S/C30H34F3N3O3S/c1-28(2,3)18-29(4,5)39-27(38)36-14-12-19(13-15-36)16-20-10-11-21(22(17-20)30(31,32)33)25(37)35-26-34-23-8-6-7-9-24(23)40-26/h6-11,16-17H,12-15,18H2,1-5H3,(H,34,35,37). The fourth-order valence-electron chi connectivity index (χ4n) is 5.15. The Bertz CT molecular complexity index is 1390. The highest BCUT2D eigenvalue weighted by atomic mass is 32.1. The normalized spacial score (nSPS) is 14.8. The van der Waals surface area contributed by atoms with Gasteiger partial charge in [0.15, 0.2) is 5.13 Å². The van der Waals surface area contributed by atoms with Crippen LogP contribution < -0.4 is 5.32 Å². The van der Waals surface area contributed by atoms with Crippen LogP contribution >= 0.6 is 11.3 Å². The third-order valence-corrected chi connectivity index (χ3v) is 7.41. The molecule has 0 saturated carbocycles. The number of halogens is 3. The van der Waals surface area contributed by atoms with Gasteiger partial charge in [0, 0.05) is 13.1 Å². The molecule has 1 saturated heterocycles. The number of nitrogens with one attached hydrogen (secondary N) is 1. The van der Waals surface area contributed by atoms with Gasteiger partial charge in [0.1, 0.15) is 5.60 Å². The first-order valence-corrected chi connectivity index (χ1v) is 14.0. The maximum atomic E-state index is 14.0. The molecule has 2 heterocycles. The number of anilines is 1. The van der Waals surface area contributed by atoms with Crippen LogP contribution in [0.3, 0.4) is 0 Å². The van der Waals surface area contributed by atoms with E-state index in [-0.39, 0.29) is 16.6 Å². The zero-order valence-corrected chi connectivity index (χ0v) is 24.1. The van der Waals surface area contributed by atoms with Gasteiger partial charge in [-0.2, -0.15) is 13.2 Å². The minimum Gasteiger partial charge on any atom is -0.443 e. The topological polar surface area (TPSA) is 71.5 Å². The SMILES string of the molecule is CC(C)(C)CC(C)(C)OC(=O)N1CCC(=Cc2ccc(C(=O)Nc3nc4ccccc4s3)c(C(F)(F)F)c2)CC1. The van der Waals surface area contributed by atoms with E-state index in [9.17, 15) is 22.8 Å². The lowest BCUT2D eigenvalue weighted by Gasteiger charge is -2.35. The van der Waals surface area contributed by atoms with Crippen molar-refractivity contribution in [3.8, 4) is 0 Å². The number of amides is 2. The molecule has 10 heteroatoms. The summed E-state index contributed by atoms with van der Waals surface area (Å²) in [7, 11) is 0. The minimum atomic E-state index is -4.72. The zero-order valence-electron chi connectivity index (χ0n) is 23.3. The van der Waals surface area contributed by atoms with Crippen LogP contribution in [0.2, 0.25) is 0 Å². The first kappa shape index (κ1) is 29.6. The lowest BCUT2D eigenvalue weighted by molar-refractivity contribution is -0.137. The Balaban J connectivity index is 1.44. The van der Waals surface area contributed by atoms with Gasteiger partial charge in [-0.1, -0.05) is 62.0 Å². The second kappa shape index (κ2) is 11.2. The molecule has 0 radical (unpaired) electrons. The summed E-state index contributed by atoms with van der Waals surface area (Å²) in [6, 6.07) is 10.9. The molecular formula is C30H34F3N3O3S. The van der Waals surface area contributed by atoms with Crippen LogP contribution in [0, 0.1) is 5.41 Å². The molecule has 4 rings (SSSR count). The number of rotatable bonds is 5. The molecule has 0 bridgehead atoms. The summed E-state index contributed by atoms with van der Waals surface area (Å²) >= 11 is 1.20. The molecule has 3 aromatic rings. The van der Waals surface area contributed by atoms with Crippen LogP contribution in [0.1, 0.15) is 75.4 Å². The number of para-hydroxylation sites is 1. The van der Waals surface area contributed by atoms with Crippen molar-refractivity contribution in [3.63, 3.8) is 0 Å². The number of piperidine rings is 1. The van der Waals surface area contributed by atoms with Gasteiger partial charge < -0.3 is 9.64 Å². The molecule has 0 atom stereocenters. The lowest BCUT2D eigenvalue weighted by Crippen LogP contribution is -2.42. The Morgan fingerprint density at radius 3 is 2.35 bits per heavy atom. The van der Waals surface area contributed by atoms with Gasteiger partial charge in [0.05, 0.1) is 21.3 Å². The highest BCUT2D eigenvalue weighted by Crippen LogP contribution is 2.35. The van der Waals surface area contributed by atoms with Crippen molar-refractivity contribution in [1.82, 2.24) is 9.88 Å². The molecule has 6 nitrogen and oxygen atoms in total. The molecule has 1 aromatic heterocycles. The summed E-state index contributed by atoms with van der Waals surface area (Å²) in [6.45, 7) is 10.9. The van der Waals surface area contributed by atoms with E-state index < -0.39 is 28.8 Å². The molecule has 40 heavy (non-hydrogen) atoms. The van der Waals surface area contributed by atoms with E-state index in [2.05, 4.69) is 31.1 Å². The van der Waals surface area contributed by atoms with Crippen molar-refractivity contribution in [2.75, 3.05) is 18.4 Å². The quantitative estimate of drug-likeness (QED) is 0.333. The number of carbonyl (C=O) groups excluding carboxylic acids is 2. The number of aromatic nitrogens is 1. The van der Waals surface area contributed by atoms with Crippen molar-refractivity contribution in [2.24, 2.45) is 5.41 Å². The molecule has 1 N–H and O–H groups in total. The number of fused-ring (bicyclic) bond motifs is 1. The van der Waals surface area contributed by atoms with Crippen LogP contribution in [0.15, 0.2) is 48.0 Å². The van der Waals surface area contributed by atoms with Gasteiger partial charge in [-0.05, 0) is 68.4 Å². The molecule has 214 valence electrons. The Kier molecular flexibility index (Phi) is 8.31. The molecule has 0 unspecified atom stereocenters. The van der Waals surface area contributed by atoms with E-state index in [1.54, 1.807) is 23.1 Å². The summed E-state index contributed by atoms with van der Waals surface area (Å²) in [4.78, 5) is 31.5. The van der Waals surface area contributed by atoms with Crippen LogP contribution in [-0.2, 0) is 10.9 Å². The lowest BCUT2D eigenvalue weighted by atomic mass is 9.84. The summed E-state index contributed by atoms with van der Waals surface area (Å²) in [5, 5.41) is 2.74. The molecule has 1 fully saturated rings. The fourth-order valence-corrected chi connectivity index (χ4v) is 6.01. The number of thiazole rings is 1. The smallest absolute Gasteiger partial charge is 0.417 e. The predicted octanol–water partition coefficient (Wildman–Crippen LogP) is 8.40. The van der Waals surface area contributed by atoms with E-state index in [0.717, 1.165) is 16.3 Å². The average molecular weight is 574 g/mol. The highest BCUT2D eigenvalue weighted by molar-refractivity contribution is 7.22. The minimum absolute atomic E-state index is 0.00255. The van der Waals surface area contributed by atoms with Crippen molar-refractivity contribution in [3.05, 3.63) is 64.7 Å². The maximum Gasteiger partial charge on any atom is 0.417 e. The molecule has 1 aliphatic heterocycles. The van der Waals surface area contributed by atoms with Crippen LogP contribution in [0.5, 0.6) is 0 Å². The van der Waals surface area contributed by atoms with Crippen molar-refractivity contribution < 1.29 is 27.5 Å². The second-order valence-corrected chi connectivity index (χ2v) is 12.9. The van der Waals surface area contributed by atoms with E-state index in [1.807, 2.05) is 26.0 Å². The number of carbonyl (C=O) groups is 2. The number of hydrogen-bond donors (Lipinski definition) is 1. The highest BCUT2D eigenvalue weighted by Gasteiger charge is 2.36. The van der Waals surface area contributed by atoms with E-state index >= 15 is 0 Å². The van der Waals surface area contributed by atoms with E-state index in [1.165, 1.54) is 23.5 Å². The number of benzene rings is 2. The summed E-state index contributed by atoms with van der Waals surface area (Å²) in [6.07, 6.45) is -1.64. The third kappa shape index (κ3) is 7.62. The summed E-state index contributed by atoms with van der Waals surface area (Å²) in [5.74, 6) is -0.869. The zero-order chi connectivity index (χ0) is 29.3. The number of nitrogens with zero attached hydrogens (tertiary/aromatic N) is 2. The van der Waals surface area contributed by atoms with Gasteiger partial charge in [-0.3, -0.25) is 10.1 Å². The largest absolute Gasteiger partial charge is 0.443 e. The van der Waals surface area contributed by atoms with Crippen molar-refractivity contribution in [1.29, 1.82) is 0 Å². The van der Waals surface area contributed by atoms with Gasteiger partial charge >= 0.3 is 12.3 Å². The van der Waals surface area contributed by atoms with Gasteiger partial charge in [-0.25, -0.2) is 9.78 Å². The first-order chi connectivity index (χ1) is 18.6. The predicted molar refractivity (Wildman–Crippen MR) is 152 cm³/mol. The van der Waals surface area contributed by atoms with Crippen LogP contribution in [0.25, 0.3) is 16.3 Å². The Morgan fingerprint density at radius 1 is 1.05 bits per heavy atom. The molecular weight excluding hydrogens is 539 g/mol. The Morgan fingerprint density at radius 2 is 1.73 bits per heavy atom. The second-order valence-electron chi connectivity index (χ2n) is 11.9. The van der Waals surface area contributed by atoms with Crippen LogP contribution in [0.4, 0.5) is 23.1 Å². The van der Waals surface area contributed by atoms with Gasteiger partial charge in [0.25, 0.3) is 5.91 Å².